The second-order valence-electron chi connectivity index (χ2n) is 10.3. The Labute approximate surface area is 223 Å². The minimum atomic E-state index is -0.572. The quantitative estimate of drug-likeness (QED) is 0.368. The van der Waals surface area contributed by atoms with Crippen LogP contribution < -0.4 is 15.5 Å². The van der Waals surface area contributed by atoms with Crippen LogP contribution in [0.2, 0.25) is 0 Å². The fraction of sp³-hybridized carbons (Fsp3) is 0.483. The number of fused-ring (bicyclic) bond motifs is 1. The highest BCUT2D eigenvalue weighted by Gasteiger charge is 2.47. The monoisotopic (exact) mass is 516 g/mol. The summed E-state index contributed by atoms with van der Waals surface area (Å²) in [6.45, 7) is 10.4. The van der Waals surface area contributed by atoms with Crippen molar-refractivity contribution in [3.63, 3.8) is 0 Å². The Kier molecular flexibility index (Phi) is 7.78. The number of hydrogen-bond acceptors (Lipinski definition) is 8. The maximum absolute atomic E-state index is 13.4. The Morgan fingerprint density at radius 2 is 2.00 bits per heavy atom. The highest BCUT2D eigenvalue weighted by atomic mass is 16.5. The number of nitrogens with zero attached hydrogens (tertiary/aromatic N) is 4. The van der Waals surface area contributed by atoms with E-state index in [1.165, 1.54) is 6.92 Å². The molecule has 2 saturated heterocycles. The number of amidine groups is 1. The van der Waals surface area contributed by atoms with Crippen LogP contribution >= 0.6 is 0 Å². The molecule has 1 aromatic heterocycles. The number of Topliss-reactive ketones (excluding diaryl/α,β-unsaturated/α-hetero) is 1. The van der Waals surface area contributed by atoms with Gasteiger partial charge in [0.1, 0.15) is 11.8 Å². The topological polar surface area (TPSA) is 108 Å². The summed E-state index contributed by atoms with van der Waals surface area (Å²) in [4.78, 5) is 39.7. The van der Waals surface area contributed by atoms with Crippen LogP contribution in [-0.4, -0.2) is 71.1 Å². The lowest BCUT2D eigenvalue weighted by Crippen LogP contribution is -2.57. The summed E-state index contributed by atoms with van der Waals surface area (Å²) in [7, 11) is 0. The molecular weight excluding hydrogens is 480 g/mol. The summed E-state index contributed by atoms with van der Waals surface area (Å²) in [5.41, 5.74) is 6.80. The van der Waals surface area contributed by atoms with Crippen molar-refractivity contribution < 1.29 is 14.3 Å². The number of ketones is 1. The summed E-state index contributed by atoms with van der Waals surface area (Å²) >= 11 is 0. The molecule has 0 saturated carbocycles. The van der Waals surface area contributed by atoms with E-state index in [0.29, 0.717) is 35.2 Å². The number of amides is 1. The van der Waals surface area contributed by atoms with Gasteiger partial charge in [-0.2, -0.15) is 4.99 Å². The van der Waals surface area contributed by atoms with Crippen LogP contribution in [0.3, 0.4) is 0 Å². The molecule has 5 rings (SSSR count). The second-order valence-corrected chi connectivity index (χ2v) is 10.3. The van der Waals surface area contributed by atoms with Crippen LogP contribution in [0.15, 0.2) is 46.6 Å². The van der Waals surface area contributed by atoms with Crippen molar-refractivity contribution in [2.75, 3.05) is 19.7 Å². The lowest BCUT2D eigenvalue weighted by Gasteiger charge is -2.39. The van der Waals surface area contributed by atoms with Crippen molar-refractivity contribution in [3.8, 4) is 16.9 Å². The Morgan fingerprint density at radius 1 is 1.21 bits per heavy atom. The number of carbonyl (C=O) groups excluding carboxylic acids is 2. The van der Waals surface area contributed by atoms with Gasteiger partial charge in [-0.25, -0.2) is 15.4 Å². The van der Waals surface area contributed by atoms with E-state index in [4.69, 9.17) is 9.73 Å². The molecule has 9 nitrogen and oxygen atoms in total. The van der Waals surface area contributed by atoms with E-state index in [9.17, 15) is 9.59 Å². The first-order chi connectivity index (χ1) is 18.4. The van der Waals surface area contributed by atoms with Crippen molar-refractivity contribution in [1.82, 2.24) is 20.7 Å². The van der Waals surface area contributed by atoms with Gasteiger partial charge in [-0.05, 0) is 44.9 Å². The molecule has 1 aromatic carbocycles. The van der Waals surface area contributed by atoms with E-state index >= 15 is 0 Å². The van der Waals surface area contributed by atoms with Crippen LogP contribution in [0.4, 0.5) is 0 Å². The highest BCUT2D eigenvalue weighted by molar-refractivity contribution is 6.25. The number of hydrogen-bond donors (Lipinski definition) is 2. The van der Waals surface area contributed by atoms with Gasteiger partial charge in [0.2, 0.25) is 0 Å². The molecule has 9 heteroatoms. The third-order valence-corrected chi connectivity index (χ3v) is 7.72. The molecule has 0 spiro atoms. The summed E-state index contributed by atoms with van der Waals surface area (Å²) in [5.74, 6) is 1.01. The third kappa shape index (κ3) is 4.93. The predicted octanol–water partition coefficient (Wildman–Crippen LogP) is 3.43. The molecule has 3 unspecified atom stereocenters. The van der Waals surface area contributed by atoms with Crippen LogP contribution in [-0.2, 0) is 4.79 Å². The van der Waals surface area contributed by atoms with E-state index in [1.807, 2.05) is 18.2 Å². The number of unbranched alkanes of at least 4 members (excludes halogenated alkanes) is 1. The van der Waals surface area contributed by atoms with E-state index in [1.54, 1.807) is 18.5 Å². The van der Waals surface area contributed by atoms with Gasteiger partial charge in [0.15, 0.2) is 11.6 Å². The minimum Gasteiger partial charge on any atom is -0.492 e. The van der Waals surface area contributed by atoms with Gasteiger partial charge in [-0.1, -0.05) is 26.3 Å². The lowest BCUT2D eigenvalue weighted by molar-refractivity contribution is -0.119. The lowest BCUT2D eigenvalue weighted by atomic mass is 9.93. The number of aliphatic imine (C=N–C) groups is 2. The van der Waals surface area contributed by atoms with Crippen LogP contribution in [0.25, 0.3) is 11.1 Å². The first-order valence-corrected chi connectivity index (χ1v) is 13.6. The highest BCUT2D eigenvalue weighted by Crippen LogP contribution is 2.37. The van der Waals surface area contributed by atoms with Gasteiger partial charge in [-0.3, -0.25) is 14.6 Å². The summed E-state index contributed by atoms with van der Waals surface area (Å²) in [6, 6.07) is 7.01. The van der Waals surface area contributed by atoms with Crippen molar-refractivity contribution in [3.05, 3.63) is 47.8 Å². The molecule has 3 aliphatic heterocycles. The number of pyridine rings is 1. The zero-order valence-corrected chi connectivity index (χ0v) is 22.5. The summed E-state index contributed by atoms with van der Waals surface area (Å²) in [5, 5.41) is 5.53. The number of aromatic nitrogens is 1. The normalized spacial score (nSPS) is 22.4. The van der Waals surface area contributed by atoms with Crippen LogP contribution in [0, 0.1) is 5.92 Å². The Hall–Kier alpha value is -3.27. The van der Waals surface area contributed by atoms with Gasteiger partial charge < -0.3 is 10.1 Å². The van der Waals surface area contributed by atoms with E-state index < -0.39 is 6.04 Å². The molecule has 2 fully saturated rings. The largest absolute Gasteiger partial charge is 0.492 e. The molecule has 0 aliphatic carbocycles. The number of nitrogens with one attached hydrogen (secondary N) is 2. The molecule has 0 bridgehead atoms. The number of hydrazine groups is 1. The number of carbonyl (C=O) groups is 2. The van der Waals surface area contributed by atoms with Crippen molar-refractivity contribution in [1.29, 1.82) is 0 Å². The van der Waals surface area contributed by atoms with Crippen LogP contribution in [0.1, 0.15) is 62.9 Å². The maximum Gasteiger partial charge on any atom is 0.272 e. The van der Waals surface area contributed by atoms with Crippen molar-refractivity contribution in [2.24, 2.45) is 15.9 Å². The summed E-state index contributed by atoms with van der Waals surface area (Å²) in [6.07, 6.45) is 6.10. The van der Waals surface area contributed by atoms with Crippen molar-refractivity contribution >= 4 is 23.2 Å². The average molecular weight is 517 g/mol. The van der Waals surface area contributed by atoms with Gasteiger partial charge >= 0.3 is 0 Å². The summed E-state index contributed by atoms with van der Waals surface area (Å²) < 4.78 is 6.33. The zero-order valence-electron chi connectivity index (χ0n) is 22.5. The maximum atomic E-state index is 13.4. The van der Waals surface area contributed by atoms with Gasteiger partial charge in [-0.15, -0.1) is 0 Å². The fourth-order valence-electron chi connectivity index (χ4n) is 5.29. The van der Waals surface area contributed by atoms with Crippen molar-refractivity contribution in [2.45, 2.75) is 65.1 Å². The molecule has 2 N–H and O–H groups in total. The number of ether oxygens (including phenoxy) is 1. The predicted molar refractivity (Wildman–Crippen MR) is 148 cm³/mol. The van der Waals surface area contributed by atoms with Gasteiger partial charge in [0.25, 0.3) is 5.91 Å². The smallest absolute Gasteiger partial charge is 0.272 e. The number of benzene rings is 1. The first-order valence-electron chi connectivity index (χ1n) is 13.6. The zero-order chi connectivity index (χ0) is 26.8. The fourth-order valence-corrected chi connectivity index (χ4v) is 5.29. The average Bonchev–Trinajstić information content (AvgIpc) is 3.27. The minimum absolute atomic E-state index is 0.0247. The molecule has 3 aliphatic rings. The van der Waals surface area contributed by atoms with E-state index in [2.05, 4.69) is 46.5 Å². The Bertz CT molecular complexity index is 1270. The second kappa shape index (κ2) is 11.2. The standard InChI is InChI=1S/C29H36N6O3/c1-5-7-11-38-27-22(19-9-8-10-30-14-19)12-20(18(4)36)13-23(27)28-32-25-24(6-2)35(17(3)21-15-31-16-21)34-26(25)29(37)33-28/h8-10,12-14,17,21,24,26,31,34H,5-7,11,15-16H2,1-4H3. The first kappa shape index (κ1) is 26.3. The molecule has 3 atom stereocenters. The molecule has 4 heterocycles. The van der Waals surface area contributed by atoms with Gasteiger partial charge in [0, 0.05) is 54.1 Å². The molecule has 0 radical (unpaired) electrons. The molecule has 2 aromatic rings. The number of rotatable bonds is 10. The molecule has 200 valence electrons. The molecule has 1 amide bonds. The van der Waals surface area contributed by atoms with E-state index in [-0.39, 0.29) is 23.8 Å². The Balaban J connectivity index is 1.61. The van der Waals surface area contributed by atoms with Gasteiger partial charge in [0.05, 0.1) is 23.9 Å². The Morgan fingerprint density at radius 3 is 2.63 bits per heavy atom. The SMILES string of the molecule is CCCCOc1c(C2=NC(=O)C3NN(C(C)C4CNC4)C(CC)C3=N2)cc(C(C)=O)cc1-c1cccnc1. The van der Waals surface area contributed by atoms with E-state index in [0.717, 1.165) is 49.2 Å². The molecular formula is C29H36N6O3. The van der Waals surface area contributed by atoms with Crippen LogP contribution in [0.5, 0.6) is 5.75 Å². The third-order valence-electron chi connectivity index (χ3n) is 7.72. The molecule has 38 heavy (non-hydrogen) atoms.